The number of Topliss-reactive ketones (excluding diaryl/α,β-unsaturated/α-hetero) is 2. The smallest absolute Gasteiger partial charge is 0.154 e. The summed E-state index contributed by atoms with van der Waals surface area (Å²) in [6.45, 7) is 10.2. The summed E-state index contributed by atoms with van der Waals surface area (Å²) in [4.78, 5) is 24.8. The lowest BCUT2D eigenvalue weighted by atomic mass is 9.56. The Balaban J connectivity index is 3.24. The van der Waals surface area contributed by atoms with Crippen LogP contribution in [0.15, 0.2) is 0 Å². The maximum atomic E-state index is 12.5. The van der Waals surface area contributed by atoms with Gasteiger partial charge in [-0.25, -0.2) is 0 Å². The lowest BCUT2D eigenvalue weighted by Gasteiger charge is -2.47. The molecule has 0 radical (unpaired) electrons. The molecule has 0 aromatic heterocycles. The highest BCUT2D eigenvalue weighted by Crippen LogP contribution is 2.45. The second kappa shape index (κ2) is 4.98. The molecule has 0 bridgehead atoms. The second-order valence-corrected chi connectivity index (χ2v) is 6.89. The van der Waals surface area contributed by atoms with Gasteiger partial charge in [0.2, 0.25) is 0 Å². The first kappa shape index (κ1) is 16.3. The second-order valence-electron chi connectivity index (χ2n) is 6.89. The van der Waals surface area contributed by atoms with Crippen molar-refractivity contribution in [3.05, 3.63) is 0 Å². The van der Waals surface area contributed by atoms with Crippen LogP contribution < -0.4 is 0 Å². The lowest BCUT2D eigenvalue weighted by Crippen LogP contribution is -2.62. The fraction of sp³-hybridized carbons (Fsp3) is 0.867. The number of ketones is 2. The predicted molar refractivity (Wildman–Crippen MR) is 72.5 cm³/mol. The zero-order valence-electron chi connectivity index (χ0n) is 12.7. The molecule has 1 aliphatic carbocycles. The number of hydrogen-bond acceptors (Lipinski definition) is 4. The van der Waals surface area contributed by atoms with E-state index in [9.17, 15) is 19.8 Å². The van der Waals surface area contributed by atoms with E-state index in [-0.39, 0.29) is 17.5 Å². The van der Waals surface area contributed by atoms with Gasteiger partial charge in [0, 0.05) is 0 Å². The van der Waals surface area contributed by atoms with Crippen molar-refractivity contribution in [1.82, 2.24) is 0 Å². The van der Waals surface area contributed by atoms with Gasteiger partial charge < -0.3 is 10.2 Å². The summed E-state index contributed by atoms with van der Waals surface area (Å²) in [5.41, 5.74) is -2.17. The lowest BCUT2D eigenvalue weighted by molar-refractivity contribution is -0.173. The third-order valence-corrected chi connectivity index (χ3v) is 4.75. The third-order valence-electron chi connectivity index (χ3n) is 4.75. The first-order valence-corrected chi connectivity index (χ1v) is 6.94. The van der Waals surface area contributed by atoms with Crippen LogP contribution in [0, 0.1) is 22.7 Å². The van der Waals surface area contributed by atoms with E-state index in [2.05, 4.69) is 0 Å². The van der Waals surface area contributed by atoms with Crippen molar-refractivity contribution in [2.24, 2.45) is 22.7 Å². The van der Waals surface area contributed by atoms with Gasteiger partial charge in [0.1, 0.15) is 0 Å². The largest absolute Gasteiger partial charge is 0.392 e. The molecule has 2 N–H and O–H groups in total. The molecule has 1 fully saturated rings. The van der Waals surface area contributed by atoms with Crippen LogP contribution in [0.3, 0.4) is 0 Å². The quantitative estimate of drug-likeness (QED) is 0.763. The molecule has 0 aromatic rings. The summed E-state index contributed by atoms with van der Waals surface area (Å²) in [7, 11) is 0. The van der Waals surface area contributed by atoms with Crippen LogP contribution in [-0.2, 0) is 9.59 Å². The van der Waals surface area contributed by atoms with Crippen molar-refractivity contribution in [2.45, 2.75) is 60.2 Å². The van der Waals surface area contributed by atoms with Crippen molar-refractivity contribution in [2.75, 3.05) is 0 Å². The van der Waals surface area contributed by atoms with Crippen LogP contribution in [0.5, 0.6) is 0 Å². The number of carbonyl (C=O) groups excluding carboxylic acids is 2. The Hall–Kier alpha value is -0.740. The molecule has 4 atom stereocenters. The SMILES string of the molecule is CCC(C)C(O)C1C(=O)C(C)(C)C(=O)C(C)(C)C1O. The van der Waals surface area contributed by atoms with Crippen LogP contribution in [0.2, 0.25) is 0 Å². The van der Waals surface area contributed by atoms with E-state index in [1.807, 2.05) is 13.8 Å². The topological polar surface area (TPSA) is 74.6 Å². The van der Waals surface area contributed by atoms with Gasteiger partial charge in [0.05, 0.1) is 29.0 Å². The Labute approximate surface area is 115 Å². The van der Waals surface area contributed by atoms with Gasteiger partial charge in [0.15, 0.2) is 11.6 Å². The maximum Gasteiger partial charge on any atom is 0.154 e. The molecule has 0 aromatic carbocycles. The summed E-state index contributed by atoms with van der Waals surface area (Å²) in [6, 6.07) is 0. The van der Waals surface area contributed by atoms with Crippen molar-refractivity contribution in [3.63, 3.8) is 0 Å². The van der Waals surface area contributed by atoms with Gasteiger partial charge >= 0.3 is 0 Å². The van der Waals surface area contributed by atoms with E-state index in [4.69, 9.17) is 0 Å². The molecule has 0 heterocycles. The van der Waals surface area contributed by atoms with Crippen molar-refractivity contribution < 1.29 is 19.8 Å². The van der Waals surface area contributed by atoms with Crippen molar-refractivity contribution >= 4 is 11.6 Å². The normalized spacial score (nSPS) is 33.1. The van der Waals surface area contributed by atoms with E-state index in [1.54, 1.807) is 27.7 Å². The molecule has 19 heavy (non-hydrogen) atoms. The summed E-state index contributed by atoms with van der Waals surface area (Å²) >= 11 is 0. The Kier molecular flexibility index (Phi) is 4.28. The molecule has 0 saturated heterocycles. The number of aliphatic hydroxyl groups excluding tert-OH is 2. The molecule has 110 valence electrons. The van der Waals surface area contributed by atoms with E-state index >= 15 is 0 Å². The molecule has 4 unspecified atom stereocenters. The molecule has 0 aliphatic heterocycles. The Bertz CT molecular complexity index is 384. The summed E-state index contributed by atoms with van der Waals surface area (Å²) in [6.07, 6.45) is -1.34. The zero-order chi connectivity index (χ0) is 15.2. The van der Waals surface area contributed by atoms with Gasteiger partial charge in [-0.2, -0.15) is 0 Å². The molecule has 0 spiro atoms. The first-order chi connectivity index (χ1) is 8.49. The third kappa shape index (κ3) is 2.36. The van der Waals surface area contributed by atoms with Gasteiger partial charge in [0.25, 0.3) is 0 Å². The first-order valence-electron chi connectivity index (χ1n) is 6.94. The maximum absolute atomic E-state index is 12.5. The molecule has 4 nitrogen and oxygen atoms in total. The minimum atomic E-state index is -1.15. The fourth-order valence-electron chi connectivity index (χ4n) is 3.00. The number of carbonyl (C=O) groups is 2. The average Bonchev–Trinajstić information content (AvgIpc) is 2.34. The standard InChI is InChI=1S/C15H26O4/c1-7-8(2)10(16)9-11(17)14(3,4)13(19)15(5,6)12(9)18/h8-11,16-17H,7H2,1-6H3. The van der Waals surface area contributed by atoms with Gasteiger partial charge in [-0.1, -0.05) is 34.1 Å². The van der Waals surface area contributed by atoms with Crippen LogP contribution in [-0.4, -0.2) is 34.0 Å². The van der Waals surface area contributed by atoms with E-state index in [1.165, 1.54) is 0 Å². The molecule has 1 saturated carbocycles. The van der Waals surface area contributed by atoms with Crippen LogP contribution in [0.4, 0.5) is 0 Å². The number of hydrogen-bond donors (Lipinski definition) is 2. The Morgan fingerprint density at radius 1 is 1.21 bits per heavy atom. The van der Waals surface area contributed by atoms with Crippen LogP contribution in [0.25, 0.3) is 0 Å². The summed E-state index contributed by atoms with van der Waals surface area (Å²) in [5.74, 6) is -1.59. The van der Waals surface area contributed by atoms with Gasteiger partial charge in [-0.05, 0) is 19.8 Å². The van der Waals surface area contributed by atoms with Crippen LogP contribution in [0.1, 0.15) is 48.0 Å². The Morgan fingerprint density at radius 2 is 1.68 bits per heavy atom. The predicted octanol–water partition coefficient (Wildman–Crippen LogP) is 1.57. The van der Waals surface area contributed by atoms with Crippen molar-refractivity contribution in [3.8, 4) is 0 Å². The fourth-order valence-corrected chi connectivity index (χ4v) is 3.00. The number of aliphatic hydroxyl groups is 2. The minimum absolute atomic E-state index is 0.0941. The molecular weight excluding hydrogens is 244 g/mol. The van der Waals surface area contributed by atoms with Gasteiger partial charge in [-0.15, -0.1) is 0 Å². The highest BCUT2D eigenvalue weighted by atomic mass is 16.3. The molecule has 1 rings (SSSR count). The average molecular weight is 270 g/mol. The van der Waals surface area contributed by atoms with Crippen LogP contribution >= 0.6 is 0 Å². The van der Waals surface area contributed by atoms with E-state index in [0.29, 0.717) is 6.42 Å². The van der Waals surface area contributed by atoms with Gasteiger partial charge in [-0.3, -0.25) is 9.59 Å². The van der Waals surface area contributed by atoms with E-state index in [0.717, 1.165) is 0 Å². The number of rotatable bonds is 3. The van der Waals surface area contributed by atoms with E-state index < -0.39 is 29.0 Å². The zero-order valence-corrected chi connectivity index (χ0v) is 12.7. The summed E-state index contributed by atoms with van der Waals surface area (Å²) < 4.78 is 0. The molecule has 1 aliphatic rings. The van der Waals surface area contributed by atoms with Crippen molar-refractivity contribution in [1.29, 1.82) is 0 Å². The molecule has 4 heteroatoms. The summed E-state index contributed by atoms with van der Waals surface area (Å²) in [5, 5.41) is 20.7. The molecular formula is C15H26O4. The highest BCUT2D eigenvalue weighted by Gasteiger charge is 2.59. The monoisotopic (exact) mass is 270 g/mol. The minimum Gasteiger partial charge on any atom is -0.392 e. The highest BCUT2D eigenvalue weighted by molar-refractivity contribution is 6.12. The Morgan fingerprint density at radius 3 is 2.11 bits per heavy atom. The molecule has 0 amide bonds.